The van der Waals surface area contributed by atoms with E-state index in [9.17, 15) is 13.2 Å². The first kappa shape index (κ1) is 14.8. The average Bonchev–Trinajstić information content (AvgIpc) is 2.64. The maximum absolute atomic E-state index is 12.3. The molecule has 0 unspecified atom stereocenters. The van der Waals surface area contributed by atoms with Gasteiger partial charge in [0.15, 0.2) is 9.84 Å². The third-order valence-electron chi connectivity index (χ3n) is 3.22. The Morgan fingerprint density at radius 2 is 2.30 bits per heavy atom. The topological polar surface area (TPSA) is 85.4 Å². The Bertz CT molecular complexity index is 615. The lowest BCUT2D eigenvalue weighted by atomic mass is 10.0. The van der Waals surface area contributed by atoms with Gasteiger partial charge in [-0.2, -0.15) is 0 Å². The van der Waals surface area contributed by atoms with E-state index >= 15 is 0 Å². The summed E-state index contributed by atoms with van der Waals surface area (Å²) in [5.41, 5.74) is -0.408. The third kappa shape index (κ3) is 3.27. The molecule has 110 valence electrons. The second-order valence-electron chi connectivity index (χ2n) is 5.15. The first-order chi connectivity index (χ1) is 9.35. The fraction of sp³-hybridized carbons (Fsp3) is 0.538. The standard InChI is InChI=1S/C13H18N2O4S/c1-3-19-12-10(5-4-7-14-12)11(16)15-13(2)6-8-20(17,18)9-13/h4-5,7H,3,6,8-9H2,1-2H3,(H,15,16)/t13-/m1/s1. The van der Waals surface area contributed by atoms with Crippen LogP contribution in [0.2, 0.25) is 0 Å². The lowest BCUT2D eigenvalue weighted by Crippen LogP contribution is -2.47. The summed E-state index contributed by atoms with van der Waals surface area (Å²) < 4.78 is 28.4. The quantitative estimate of drug-likeness (QED) is 0.888. The van der Waals surface area contributed by atoms with E-state index in [0.717, 1.165) is 0 Å². The summed E-state index contributed by atoms with van der Waals surface area (Å²) in [5.74, 6) is -0.0245. The lowest BCUT2D eigenvalue weighted by Gasteiger charge is -2.24. The van der Waals surface area contributed by atoms with E-state index in [1.54, 1.807) is 32.2 Å². The molecule has 1 aromatic rings. The molecule has 6 nitrogen and oxygen atoms in total. The Hall–Kier alpha value is -1.63. The molecule has 1 amide bonds. The zero-order valence-corrected chi connectivity index (χ0v) is 12.4. The number of sulfone groups is 1. The van der Waals surface area contributed by atoms with E-state index in [4.69, 9.17) is 4.74 Å². The fourth-order valence-electron chi connectivity index (χ4n) is 2.27. The summed E-state index contributed by atoms with van der Waals surface area (Å²) in [6, 6.07) is 3.26. The fourth-order valence-corrected chi connectivity index (χ4v) is 4.36. The second kappa shape index (κ2) is 5.40. The molecule has 1 atom stereocenters. The van der Waals surface area contributed by atoms with Crippen LogP contribution in [0, 0.1) is 0 Å². The molecular formula is C13H18N2O4S. The van der Waals surface area contributed by atoms with E-state index < -0.39 is 15.4 Å². The number of amides is 1. The number of nitrogens with zero attached hydrogens (tertiary/aromatic N) is 1. The number of rotatable bonds is 4. The van der Waals surface area contributed by atoms with Gasteiger partial charge in [-0.15, -0.1) is 0 Å². The van der Waals surface area contributed by atoms with Gasteiger partial charge in [0.25, 0.3) is 5.91 Å². The van der Waals surface area contributed by atoms with Gasteiger partial charge in [-0.25, -0.2) is 13.4 Å². The van der Waals surface area contributed by atoms with E-state index in [1.807, 2.05) is 0 Å². The smallest absolute Gasteiger partial charge is 0.257 e. The molecule has 1 aliphatic heterocycles. The Kier molecular flexibility index (Phi) is 3.99. The Labute approximate surface area is 118 Å². The number of aromatic nitrogens is 1. The van der Waals surface area contributed by atoms with Gasteiger partial charge in [-0.1, -0.05) is 0 Å². The van der Waals surface area contributed by atoms with E-state index in [2.05, 4.69) is 10.3 Å². The lowest BCUT2D eigenvalue weighted by molar-refractivity contribution is 0.0910. The summed E-state index contributed by atoms with van der Waals surface area (Å²) in [5, 5.41) is 2.79. The number of carbonyl (C=O) groups is 1. The van der Waals surface area contributed by atoms with Crippen LogP contribution in [0.5, 0.6) is 5.88 Å². The maximum Gasteiger partial charge on any atom is 0.257 e. The van der Waals surface area contributed by atoms with Crippen LogP contribution in [0.3, 0.4) is 0 Å². The van der Waals surface area contributed by atoms with E-state index in [1.165, 1.54) is 0 Å². The predicted molar refractivity (Wildman–Crippen MR) is 74.5 cm³/mol. The van der Waals surface area contributed by atoms with Crippen LogP contribution in [-0.4, -0.2) is 43.0 Å². The maximum atomic E-state index is 12.3. The minimum atomic E-state index is -3.06. The number of hydrogen-bond donors (Lipinski definition) is 1. The molecule has 0 aromatic carbocycles. The first-order valence-corrected chi connectivity index (χ1v) is 8.28. The molecule has 1 fully saturated rings. The van der Waals surface area contributed by atoms with E-state index in [-0.39, 0.29) is 23.3 Å². The summed E-state index contributed by atoms with van der Waals surface area (Å²) >= 11 is 0. The van der Waals surface area contributed by atoms with Crippen molar-refractivity contribution in [3.05, 3.63) is 23.9 Å². The van der Waals surface area contributed by atoms with Crippen molar-refractivity contribution in [3.8, 4) is 5.88 Å². The average molecular weight is 298 g/mol. The number of nitrogens with one attached hydrogen (secondary N) is 1. The highest BCUT2D eigenvalue weighted by Gasteiger charge is 2.39. The van der Waals surface area contributed by atoms with Crippen LogP contribution in [0.4, 0.5) is 0 Å². The predicted octanol–water partition coefficient (Wildman–Crippen LogP) is 0.787. The van der Waals surface area contributed by atoms with Crippen molar-refractivity contribution in [1.29, 1.82) is 0 Å². The van der Waals surface area contributed by atoms with Gasteiger partial charge in [-0.05, 0) is 32.4 Å². The normalized spacial score (nSPS) is 24.3. The molecule has 7 heteroatoms. The van der Waals surface area contributed by atoms with Crippen molar-refractivity contribution in [2.24, 2.45) is 0 Å². The number of ether oxygens (including phenoxy) is 1. The Balaban J connectivity index is 2.17. The first-order valence-electron chi connectivity index (χ1n) is 6.46. The van der Waals surface area contributed by atoms with Crippen LogP contribution < -0.4 is 10.1 Å². The number of carbonyl (C=O) groups excluding carboxylic acids is 1. The number of pyridine rings is 1. The molecule has 0 saturated carbocycles. The SMILES string of the molecule is CCOc1ncccc1C(=O)N[C@]1(C)CCS(=O)(=O)C1. The highest BCUT2D eigenvalue weighted by Crippen LogP contribution is 2.24. The van der Waals surface area contributed by atoms with Crippen LogP contribution in [0.1, 0.15) is 30.6 Å². The van der Waals surface area contributed by atoms with Gasteiger partial charge in [0.05, 0.1) is 23.7 Å². The largest absolute Gasteiger partial charge is 0.477 e. The van der Waals surface area contributed by atoms with Gasteiger partial charge >= 0.3 is 0 Å². The van der Waals surface area contributed by atoms with Crippen molar-refractivity contribution in [3.63, 3.8) is 0 Å². The summed E-state index contributed by atoms with van der Waals surface area (Å²) in [7, 11) is -3.06. The molecule has 0 radical (unpaired) electrons. The van der Waals surface area contributed by atoms with Gasteiger partial charge in [0.2, 0.25) is 5.88 Å². The van der Waals surface area contributed by atoms with Crippen molar-refractivity contribution >= 4 is 15.7 Å². The van der Waals surface area contributed by atoms with Gasteiger partial charge in [0.1, 0.15) is 5.56 Å². The molecule has 0 bridgehead atoms. The van der Waals surface area contributed by atoms with Crippen LogP contribution in [0.15, 0.2) is 18.3 Å². The zero-order valence-electron chi connectivity index (χ0n) is 11.5. The zero-order chi connectivity index (χ0) is 14.8. The minimum absolute atomic E-state index is 0.0318. The molecule has 0 aliphatic carbocycles. The van der Waals surface area contributed by atoms with Crippen LogP contribution in [0.25, 0.3) is 0 Å². The number of hydrogen-bond acceptors (Lipinski definition) is 5. The van der Waals surface area contributed by atoms with Crippen molar-refractivity contribution in [1.82, 2.24) is 10.3 Å². The molecule has 1 saturated heterocycles. The van der Waals surface area contributed by atoms with Crippen LogP contribution in [-0.2, 0) is 9.84 Å². The monoisotopic (exact) mass is 298 g/mol. The van der Waals surface area contributed by atoms with Gasteiger partial charge in [-0.3, -0.25) is 4.79 Å². The molecule has 1 N–H and O–H groups in total. The summed E-state index contributed by atoms with van der Waals surface area (Å²) in [4.78, 5) is 16.3. The third-order valence-corrected chi connectivity index (χ3v) is 5.12. The van der Waals surface area contributed by atoms with Crippen molar-refractivity contribution < 1.29 is 17.9 Å². The van der Waals surface area contributed by atoms with E-state index in [0.29, 0.717) is 18.6 Å². The second-order valence-corrected chi connectivity index (χ2v) is 7.33. The summed E-state index contributed by atoms with van der Waals surface area (Å²) in [6.07, 6.45) is 1.97. The van der Waals surface area contributed by atoms with Crippen molar-refractivity contribution in [2.45, 2.75) is 25.8 Å². The molecule has 1 aromatic heterocycles. The molecule has 1 aliphatic rings. The molecule has 20 heavy (non-hydrogen) atoms. The highest BCUT2D eigenvalue weighted by atomic mass is 32.2. The molecule has 0 spiro atoms. The highest BCUT2D eigenvalue weighted by molar-refractivity contribution is 7.91. The molecule has 2 rings (SSSR count). The molecular weight excluding hydrogens is 280 g/mol. The van der Waals surface area contributed by atoms with Crippen molar-refractivity contribution in [2.75, 3.05) is 18.1 Å². The molecule has 2 heterocycles. The van der Waals surface area contributed by atoms with Crippen LogP contribution >= 0.6 is 0 Å². The van der Waals surface area contributed by atoms with Gasteiger partial charge in [0, 0.05) is 6.20 Å². The Morgan fingerprint density at radius 3 is 2.90 bits per heavy atom. The minimum Gasteiger partial charge on any atom is -0.477 e. The summed E-state index contributed by atoms with van der Waals surface area (Å²) in [6.45, 7) is 3.95. The van der Waals surface area contributed by atoms with Gasteiger partial charge < -0.3 is 10.1 Å². The Morgan fingerprint density at radius 1 is 1.55 bits per heavy atom.